The van der Waals surface area contributed by atoms with Gasteiger partial charge in [0.2, 0.25) is 5.91 Å². The molecule has 0 aliphatic heterocycles. The lowest BCUT2D eigenvalue weighted by molar-refractivity contribution is -0.870. The molecule has 0 heterocycles. The Morgan fingerprint density at radius 2 is 0.750 bits per heavy atom. The van der Waals surface area contributed by atoms with Crippen molar-refractivity contribution in [2.24, 2.45) is 0 Å². The fourth-order valence-electron chi connectivity index (χ4n) is 9.99. The quantitative estimate of drug-likeness (QED) is 0.0243. The topological polar surface area (TPSA) is 105 Å². The zero-order valence-electron chi connectivity index (χ0n) is 49.2. The van der Waals surface area contributed by atoms with Crippen molar-refractivity contribution in [3.63, 3.8) is 0 Å². The van der Waals surface area contributed by atoms with Gasteiger partial charge < -0.3 is 19.8 Å². The maximum atomic E-state index is 13.0. The first-order chi connectivity index (χ1) is 35.0. The standard InChI is InChI=1S/C63H127N2O6P/c1-6-8-10-12-14-16-18-20-22-24-26-28-30-32-33-35-37-39-41-43-45-47-49-51-53-55-57-63(67)64-61(60-71-72(68,69)70-59-58-65(3,4)5)62(66)56-54-52-50-48-46-44-42-40-38-36-34-31-29-27-25-23-21-19-17-15-13-11-9-7-2/h32-33,61-62,66H,6-31,34-60H2,1-5H3,(H-,64,67,68,69)/p+1/b33-32-. The first-order valence-electron chi connectivity index (χ1n) is 32.1. The number of rotatable bonds is 60. The maximum Gasteiger partial charge on any atom is 0.472 e. The van der Waals surface area contributed by atoms with Gasteiger partial charge in [-0.2, -0.15) is 0 Å². The summed E-state index contributed by atoms with van der Waals surface area (Å²) in [6.45, 7) is 4.95. The van der Waals surface area contributed by atoms with E-state index in [2.05, 4.69) is 31.3 Å². The number of carbonyl (C=O) groups is 1. The minimum Gasteiger partial charge on any atom is -0.391 e. The molecule has 0 spiro atoms. The molecule has 3 N–H and O–H groups in total. The summed E-state index contributed by atoms with van der Waals surface area (Å²) in [6, 6.07) is -0.760. The third-order valence-corrected chi connectivity index (χ3v) is 16.0. The second-order valence-electron chi connectivity index (χ2n) is 23.5. The van der Waals surface area contributed by atoms with Crippen molar-refractivity contribution in [3.05, 3.63) is 12.2 Å². The highest BCUT2D eigenvalue weighted by molar-refractivity contribution is 7.47. The van der Waals surface area contributed by atoms with Crippen LogP contribution in [0.3, 0.4) is 0 Å². The van der Waals surface area contributed by atoms with E-state index in [9.17, 15) is 19.4 Å². The Labute approximate surface area is 450 Å². The minimum absolute atomic E-state index is 0.0772. The van der Waals surface area contributed by atoms with E-state index < -0.39 is 20.0 Å². The zero-order chi connectivity index (χ0) is 52.7. The third kappa shape index (κ3) is 57.0. The van der Waals surface area contributed by atoms with Gasteiger partial charge in [-0.3, -0.25) is 13.8 Å². The van der Waals surface area contributed by atoms with Crippen LogP contribution in [0.5, 0.6) is 0 Å². The first-order valence-corrected chi connectivity index (χ1v) is 33.5. The summed E-state index contributed by atoms with van der Waals surface area (Å²) in [4.78, 5) is 23.4. The van der Waals surface area contributed by atoms with Crippen molar-refractivity contribution in [2.45, 2.75) is 347 Å². The van der Waals surface area contributed by atoms with Crippen molar-refractivity contribution in [3.8, 4) is 0 Å². The molecule has 0 saturated carbocycles. The maximum absolute atomic E-state index is 13.0. The number of allylic oxidation sites excluding steroid dienone is 2. The van der Waals surface area contributed by atoms with Gasteiger partial charge in [0.25, 0.3) is 0 Å². The Morgan fingerprint density at radius 3 is 1.07 bits per heavy atom. The minimum atomic E-state index is -4.32. The summed E-state index contributed by atoms with van der Waals surface area (Å²) in [5.74, 6) is -0.139. The van der Waals surface area contributed by atoms with Crippen LogP contribution in [0.1, 0.15) is 335 Å². The number of hydrogen-bond donors (Lipinski definition) is 3. The molecule has 0 radical (unpaired) electrons. The molecular formula is C63H128N2O6P+. The van der Waals surface area contributed by atoms with E-state index >= 15 is 0 Å². The third-order valence-electron chi connectivity index (χ3n) is 15.0. The number of phosphoric acid groups is 1. The molecule has 3 unspecified atom stereocenters. The molecule has 9 heteroatoms. The molecule has 8 nitrogen and oxygen atoms in total. The van der Waals surface area contributed by atoms with Crippen LogP contribution in [0.4, 0.5) is 0 Å². The van der Waals surface area contributed by atoms with Crippen LogP contribution in [0, 0.1) is 0 Å². The Hall–Kier alpha value is -0.760. The average Bonchev–Trinajstić information content (AvgIpc) is 3.34. The molecule has 1 amide bonds. The Bertz CT molecular complexity index is 1180. The van der Waals surface area contributed by atoms with Gasteiger partial charge in [0, 0.05) is 6.42 Å². The molecule has 0 aromatic rings. The zero-order valence-corrected chi connectivity index (χ0v) is 50.1. The predicted octanol–water partition coefficient (Wildman–Crippen LogP) is 19.8. The van der Waals surface area contributed by atoms with Crippen LogP contribution >= 0.6 is 7.82 Å². The fourth-order valence-corrected chi connectivity index (χ4v) is 10.7. The molecule has 3 atom stereocenters. The number of aliphatic hydroxyl groups is 1. The number of unbranched alkanes of at least 4 members (excludes halogenated alkanes) is 45. The molecular weight excluding hydrogens is 912 g/mol. The smallest absolute Gasteiger partial charge is 0.391 e. The lowest BCUT2D eigenvalue weighted by Crippen LogP contribution is -2.46. The molecule has 0 aromatic carbocycles. The molecule has 0 aliphatic carbocycles. The van der Waals surface area contributed by atoms with E-state index in [1.54, 1.807) is 0 Å². The highest BCUT2D eigenvalue weighted by atomic mass is 31.2. The summed E-state index contributed by atoms with van der Waals surface area (Å²) in [5, 5.41) is 14.1. The number of aliphatic hydroxyl groups excluding tert-OH is 1. The van der Waals surface area contributed by atoms with E-state index in [0.717, 1.165) is 38.5 Å². The molecule has 0 bridgehead atoms. The van der Waals surface area contributed by atoms with Gasteiger partial charge >= 0.3 is 7.82 Å². The van der Waals surface area contributed by atoms with Gasteiger partial charge in [-0.1, -0.05) is 302 Å². The number of hydrogen-bond acceptors (Lipinski definition) is 5. The normalized spacial score (nSPS) is 13.8. The van der Waals surface area contributed by atoms with Gasteiger partial charge in [0.1, 0.15) is 13.2 Å². The van der Waals surface area contributed by atoms with E-state index in [0.29, 0.717) is 23.9 Å². The van der Waals surface area contributed by atoms with Crippen molar-refractivity contribution >= 4 is 13.7 Å². The molecule has 0 saturated heterocycles. The van der Waals surface area contributed by atoms with Crippen LogP contribution in [0.15, 0.2) is 12.2 Å². The van der Waals surface area contributed by atoms with Gasteiger partial charge in [-0.25, -0.2) is 4.57 Å². The predicted molar refractivity (Wildman–Crippen MR) is 314 cm³/mol. The summed E-state index contributed by atoms with van der Waals surface area (Å²) in [6.07, 6.45) is 68.6. The number of phosphoric ester groups is 1. The highest BCUT2D eigenvalue weighted by Gasteiger charge is 2.28. The van der Waals surface area contributed by atoms with Gasteiger partial charge in [-0.15, -0.1) is 0 Å². The van der Waals surface area contributed by atoms with Crippen LogP contribution in [0.2, 0.25) is 0 Å². The SMILES string of the molecule is CCCCCCCCCCCCCC/C=C\CCCCCCCCCCCCC(=O)NC(COP(=O)(O)OCC[N+](C)(C)C)C(O)CCCCCCCCCCCCCCCCCCCCCCCCCC. The average molecular weight is 1040 g/mol. The second-order valence-corrected chi connectivity index (χ2v) is 25.0. The molecule has 0 aliphatic rings. The summed E-state index contributed by atoms with van der Waals surface area (Å²) >= 11 is 0. The number of quaternary nitrogens is 1. The Balaban J connectivity index is 4.08. The second kappa shape index (κ2) is 55.0. The van der Waals surface area contributed by atoms with Crippen molar-refractivity contribution < 1.29 is 32.9 Å². The highest BCUT2D eigenvalue weighted by Crippen LogP contribution is 2.43. The summed E-state index contributed by atoms with van der Waals surface area (Å²) in [5.41, 5.74) is 0. The largest absolute Gasteiger partial charge is 0.472 e. The number of likely N-dealkylation sites (N-methyl/N-ethyl adjacent to an activating group) is 1. The van der Waals surface area contributed by atoms with Gasteiger partial charge in [-0.05, 0) is 38.5 Å². The van der Waals surface area contributed by atoms with Crippen molar-refractivity contribution in [2.75, 3.05) is 40.9 Å². The Morgan fingerprint density at radius 1 is 0.458 bits per heavy atom. The molecule has 0 fully saturated rings. The lowest BCUT2D eigenvalue weighted by Gasteiger charge is -2.26. The van der Waals surface area contributed by atoms with E-state index in [1.165, 1.54) is 270 Å². The van der Waals surface area contributed by atoms with Crippen LogP contribution < -0.4 is 5.32 Å². The molecule has 0 aromatic heterocycles. The summed E-state index contributed by atoms with van der Waals surface area (Å²) in [7, 11) is 1.63. The molecule has 72 heavy (non-hydrogen) atoms. The van der Waals surface area contributed by atoms with Crippen molar-refractivity contribution in [1.82, 2.24) is 5.32 Å². The van der Waals surface area contributed by atoms with Crippen LogP contribution in [-0.4, -0.2) is 73.4 Å². The van der Waals surface area contributed by atoms with E-state index in [1.807, 2.05) is 21.1 Å². The number of nitrogens with zero attached hydrogens (tertiary/aromatic N) is 1. The van der Waals surface area contributed by atoms with Gasteiger partial charge in [0.05, 0.1) is 39.9 Å². The monoisotopic (exact) mass is 1040 g/mol. The molecule has 0 rings (SSSR count). The molecule has 430 valence electrons. The van der Waals surface area contributed by atoms with Crippen LogP contribution in [-0.2, 0) is 18.4 Å². The van der Waals surface area contributed by atoms with Gasteiger partial charge in [0.15, 0.2) is 0 Å². The first kappa shape index (κ1) is 71.2. The van der Waals surface area contributed by atoms with Crippen molar-refractivity contribution in [1.29, 1.82) is 0 Å². The fraction of sp³-hybridized carbons (Fsp3) is 0.952. The van der Waals surface area contributed by atoms with E-state index in [4.69, 9.17) is 9.05 Å². The summed E-state index contributed by atoms with van der Waals surface area (Å²) < 4.78 is 23.9. The number of carbonyl (C=O) groups excluding carboxylic acids is 1. The number of amides is 1. The van der Waals surface area contributed by atoms with E-state index in [-0.39, 0.29) is 19.1 Å². The lowest BCUT2D eigenvalue weighted by atomic mass is 10.0. The number of nitrogens with one attached hydrogen (secondary N) is 1. The van der Waals surface area contributed by atoms with Crippen LogP contribution in [0.25, 0.3) is 0 Å². The Kier molecular flexibility index (Phi) is 54.4.